The number of nitrogens with zero attached hydrogens (tertiary/aromatic N) is 1. The van der Waals surface area contributed by atoms with Gasteiger partial charge in [0.1, 0.15) is 0 Å². The number of carbonyl (C=O) groups is 2. The predicted molar refractivity (Wildman–Crippen MR) is 108 cm³/mol. The Morgan fingerprint density at radius 2 is 1.74 bits per heavy atom. The van der Waals surface area contributed by atoms with E-state index in [2.05, 4.69) is 15.5 Å². The Morgan fingerprint density at radius 3 is 2.33 bits per heavy atom. The number of aromatic amines is 1. The number of primary amides is 1. The summed E-state index contributed by atoms with van der Waals surface area (Å²) in [6.45, 7) is 11.4. The SMILES string of the molecule is CC.CC.Cc1c(Cc2cccc(C(=O)NCC(N)=O)c2)n[nH]c(=O)c1C. The third kappa shape index (κ3) is 7.43. The maximum Gasteiger partial charge on any atom is 0.267 e. The molecule has 0 bridgehead atoms. The number of carbonyl (C=O) groups excluding carboxylic acids is 2. The molecule has 0 aliphatic heterocycles. The van der Waals surface area contributed by atoms with Gasteiger partial charge in [-0.25, -0.2) is 5.10 Å². The van der Waals surface area contributed by atoms with Crippen molar-refractivity contribution in [2.45, 2.75) is 48.0 Å². The number of rotatable bonds is 5. The van der Waals surface area contributed by atoms with Crippen LogP contribution in [0.25, 0.3) is 0 Å². The van der Waals surface area contributed by atoms with Crippen LogP contribution in [0.1, 0.15) is 60.4 Å². The number of aromatic nitrogens is 2. The van der Waals surface area contributed by atoms with Crippen molar-refractivity contribution in [2.75, 3.05) is 6.54 Å². The second-order valence-electron chi connectivity index (χ2n) is 5.28. The van der Waals surface area contributed by atoms with Gasteiger partial charge in [-0.15, -0.1) is 0 Å². The molecule has 2 rings (SSSR count). The number of nitrogens with one attached hydrogen (secondary N) is 2. The molecule has 1 aromatic carbocycles. The third-order valence-electron chi connectivity index (χ3n) is 3.61. The molecule has 0 saturated carbocycles. The molecule has 7 nitrogen and oxygen atoms in total. The molecule has 0 aliphatic rings. The van der Waals surface area contributed by atoms with E-state index in [4.69, 9.17) is 5.73 Å². The third-order valence-corrected chi connectivity index (χ3v) is 3.61. The molecule has 0 atom stereocenters. The quantitative estimate of drug-likeness (QED) is 0.744. The van der Waals surface area contributed by atoms with Gasteiger partial charge in [-0.1, -0.05) is 39.8 Å². The monoisotopic (exact) mass is 374 g/mol. The molecular weight excluding hydrogens is 344 g/mol. The Labute approximate surface area is 160 Å². The maximum absolute atomic E-state index is 11.9. The van der Waals surface area contributed by atoms with Gasteiger partial charge < -0.3 is 11.1 Å². The molecule has 0 spiro atoms. The van der Waals surface area contributed by atoms with Gasteiger partial charge in [0.2, 0.25) is 5.91 Å². The van der Waals surface area contributed by atoms with Crippen molar-refractivity contribution in [3.63, 3.8) is 0 Å². The zero-order valence-corrected chi connectivity index (χ0v) is 17.0. The summed E-state index contributed by atoms with van der Waals surface area (Å²) in [6.07, 6.45) is 0.487. The summed E-state index contributed by atoms with van der Waals surface area (Å²) < 4.78 is 0. The second-order valence-corrected chi connectivity index (χ2v) is 5.28. The van der Waals surface area contributed by atoms with Crippen LogP contribution >= 0.6 is 0 Å². The first-order valence-corrected chi connectivity index (χ1v) is 9.08. The molecule has 2 amide bonds. The van der Waals surface area contributed by atoms with Crippen LogP contribution in [0.5, 0.6) is 0 Å². The first kappa shape index (κ1) is 24.0. The predicted octanol–water partition coefficient (Wildman–Crippen LogP) is 2.25. The van der Waals surface area contributed by atoms with Crippen LogP contribution in [-0.2, 0) is 11.2 Å². The zero-order chi connectivity index (χ0) is 21.0. The fourth-order valence-corrected chi connectivity index (χ4v) is 2.13. The summed E-state index contributed by atoms with van der Waals surface area (Å²) in [5.74, 6) is -0.967. The summed E-state index contributed by atoms with van der Waals surface area (Å²) >= 11 is 0. The lowest BCUT2D eigenvalue weighted by molar-refractivity contribution is -0.117. The number of hydrogen-bond acceptors (Lipinski definition) is 4. The average Bonchev–Trinajstić information content (AvgIpc) is 2.70. The molecule has 27 heavy (non-hydrogen) atoms. The summed E-state index contributed by atoms with van der Waals surface area (Å²) in [5.41, 5.74) is 8.31. The van der Waals surface area contributed by atoms with E-state index in [9.17, 15) is 14.4 Å². The highest BCUT2D eigenvalue weighted by atomic mass is 16.2. The molecule has 0 fully saturated rings. The molecule has 1 aromatic heterocycles. The van der Waals surface area contributed by atoms with E-state index in [0.29, 0.717) is 17.5 Å². The summed E-state index contributed by atoms with van der Waals surface area (Å²) in [7, 11) is 0. The van der Waals surface area contributed by atoms with Gasteiger partial charge in [-0.05, 0) is 37.1 Å². The fourth-order valence-electron chi connectivity index (χ4n) is 2.13. The van der Waals surface area contributed by atoms with E-state index in [1.807, 2.05) is 40.7 Å². The standard InChI is InChI=1S/C16H18N4O3.2C2H6/c1-9-10(2)15(22)20-19-13(9)7-11-4-3-5-12(6-11)16(23)18-8-14(17)21;2*1-2/h3-6H,7-8H2,1-2H3,(H2,17,21)(H,18,23)(H,20,22);2*1-2H3. The fraction of sp³-hybridized carbons (Fsp3) is 0.400. The van der Waals surface area contributed by atoms with Crippen LogP contribution in [0.15, 0.2) is 29.1 Å². The van der Waals surface area contributed by atoms with E-state index < -0.39 is 5.91 Å². The molecule has 2 aromatic rings. The molecule has 1 heterocycles. The van der Waals surface area contributed by atoms with Gasteiger partial charge in [0.15, 0.2) is 0 Å². The Hall–Kier alpha value is -2.96. The number of hydrogen-bond donors (Lipinski definition) is 3. The lowest BCUT2D eigenvalue weighted by Gasteiger charge is -2.08. The van der Waals surface area contributed by atoms with E-state index in [0.717, 1.165) is 16.8 Å². The summed E-state index contributed by atoms with van der Waals surface area (Å²) in [5, 5.41) is 8.97. The number of benzene rings is 1. The Balaban J connectivity index is 0.00000158. The van der Waals surface area contributed by atoms with Gasteiger partial charge in [-0.3, -0.25) is 14.4 Å². The van der Waals surface area contributed by atoms with Gasteiger partial charge in [0, 0.05) is 17.5 Å². The smallest absolute Gasteiger partial charge is 0.267 e. The first-order chi connectivity index (χ1) is 12.9. The highest BCUT2D eigenvalue weighted by molar-refractivity contribution is 5.96. The van der Waals surface area contributed by atoms with Gasteiger partial charge in [0.25, 0.3) is 11.5 Å². The van der Waals surface area contributed by atoms with Crippen molar-refractivity contribution in [1.29, 1.82) is 0 Å². The minimum absolute atomic E-state index is 0.203. The van der Waals surface area contributed by atoms with Crippen molar-refractivity contribution in [1.82, 2.24) is 15.5 Å². The Morgan fingerprint density at radius 1 is 1.11 bits per heavy atom. The molecule has 0 saturated heterocycles. The van der Waals surface area contributed by atoms with Crippen molar-refractivity contribution in [2.24, 2.45) is 5.73 Å². The van der Waals surface area contributed by atoms with Crippen molar-refractivity contribution in [3.05, 3.63) is 62.6 Å². The van der Waals surface area contributed by atoms with Gasteiger partial charge >= 0.3 is 0 Å². The van der Waals surface area contributed by atoms with E-state index in [1.165, 1.54) is 0 Å². The molecule has 0 radical (unpaired) electrons. The summed E-state index contributed by atoms with van der Waals surface area (Å²) in [6, 6.07) is 6.99. The molecule has 0 unspecified atom stereocenters. The largest absolute Gasteiger partial charge is 0.368 e. The highest BCUT2D eigenvalue weighted by Gasteiger charge is 2.10. The van der Waals surface area contributed by atoms with Crippen LogP contribution in [0.3, 0.4) is 0 Å². The first-order valence-electron chi connectivity index (χ1n) is 9.08. The summed E-state index contributed by atoms with van der Waals surface area (Å²) in [4.78, 5) is 34.2. The van der Waals surface area contributed by atoms with Crippen LogP contribution in [0.2, 0.25) is 0 Å². The number of amides is 2. The molecule has 148 valence electrons. The molecule has 0 aliphatic carbocycles. The topological polar surface area (TPSA) is 118 Å². The second kappa shape index (κ2) is 12.4. The number of H-pyrrole nitrogens is 1. The van der Waals surface area contributed by atoms with Crippen molar-refractivity contribution < 1.29 is 9.59 Å². The minimum Gasteiger partial charge on any atom is -0.368 e. The lowest BCUT2D eigenvalue weighted by atomic mass is 10.0. The van der Waals surface area contributed by atoms with Crippen molar-refractivity contribution >= 4 is 11.8 Å². The van der Waals surface area contributed by atoms with Crippen LogP contribution < -0.4 is 16.6 Å². The van der Waals surface area contributed by atoms with Crippen LogP contribution in [0.4, 0.5) is 0 Å². The average molecular weight is 374 g/mol. The van der Waals surface area contributed by atoms with E-state index in [-0.39, 0.29) is 18.0 Å². The normalized spacial score (nSPS) is 9.26. The van der Waals surface area contributed by atoms with Crippen molar-refractivity contribution in [3.8, 4) is 0 Å². The minimum atomic E-state index is -0.599. The zero-order valence-electron chi connectivity index (χ0n) is 17.0. The van der Waals surface area contributed by atoms with Gasteiger partial charge in [-0.2, -0.15) is 5.10 Å². The van der Waals surface area contributed by atoms with E-state index in [1.54, 1.807) is 25.1 Å². The molecule has 7 heteroatoms. The Kier molecular flexibility index (Phi) is 11.0. The Bertz CT molecular complexity index is 813. The molecule has 4 N–H and O–H groups in total. The van der Waals surface area contributed by atoms with Crippen LogP contribution in [0, 0.1) is 13.8 Å². The highest BCUT2D eigenvalue weighted by Crippen LogP contribution is 2.13. The van der Waals surface area contributed by atoms with E-state index >= 15 is 0 Å². The molecular formula is C20H30N4O3. The number of nitrogens with two attached hydrogens (primary N) is 1. The lowest BCUT2D eigenvalue weighted by Crippen LogP contribution is -2.33. The maximum atomic E-state index is 11.9. The van der Waals surface area contributed by atoms with Gasteiger partial charge in [0.05, 0.1) is 12.2 Å². The van der Waals surface area contributed by atoms with Crippen LogP contribution in [-0.4, -0.2) is 28.6 Å².